The topological polar surface area (TPSA) is 59.1 Å². The minimum Gasteiger partial charge on any atom is -0.476 e. The van der Waals surface area contributed by atoms with Crippen molar-refractivity contribution < 1.29 is 19.1 Å². The lowest BCUT2D eigenvalue weighted by molar-refractivity contribution is -0.135. The maximum atomic E-state index is 13.9. The van der Waals surface area contributed by atoms with E-state index < -0.39 is 24.3 Å². The molecule has 47 heavy (non-hydrogen) atoms. The van der Waals surface area contributed by atoms with E-state index in [1.807, 2.05) is 85.8 Å². The van der Waals surface area contributed by atoms with Crippen LogP contribution in [0.4, 0.5) is 11.4 Å². The highest BCUT2D eigenvalue weighted by Crippen LogP contribution is 2.47. The number of aryl methyl sites for hydroxylation is 1. The van der Waals surface area contributed by atoms with Gasteiger partial charge in [0.2, 0.25) is 12.2 Å². The van der Waals surface area contributed by atoms with E-state index in [-0.39, 0.29) is 11.8 Å². The highest BCUT2D eigenvalue weighted by molar-refractivity contribution is 6.36. The van der Waals surface area contributed by atoms with Gasteiger partial charge in [-0.15, -0.1) is 0 Å². The third-order valence-electron chi connectivity index (χ3n) is 8.40. The Morgan fingerprint density at radius 1 is 0.553 bits per heavy atom. The Bertz CT molecular complexity index is 1990. The maximum Gasteiger partial charge on any atom is 0.271 e. The van der Waals surface area contributed by atoms with Crippen molar-refractivity contribution in [1.29, 1.82) is 0 Å². The van der Waals surface area contributed by atoms with Crippen LogP contribution in [0.5, 0.6) is 11.5 Å². The minimum absolute atomic E-state index is 0.238. The number of anilines is 2. The Hall–Kier alpha value is -4.20. The number of hydrogen-bond donors (Lipinski definition) is 0. The van der Waals surface area contributed by atoms with Gasteiger partial charge in [0.15, 0.2) is 0 Å². The van der Waals surface area contributed by atoms with Crippen molar-refractivity contribution >= 4 is 69.6 Å². The Morgan fingerprint density at radius 3 is 1.51 bits per heavy atom. The predicted molar refractivity (Wildman–Crippen MR) is 186 cm³/mol. The average Bonchev–Trinajstić information content (AvgIpc) is 3.06. The zero-order valence-electron chi connectivity index (χ0n) is 24.8. The fourth-order valence-corrected chi connectivity index (χ4v) is 6.99. The summed E-state index contributed by atoms with van der Waals surface area (Å²) in [6.45, 7) is 1.93. The standard InChI is InChI=1S/C37H26Cl4N2O4/c1-21-12-15-26(42-32(22-8-4-2-5-9-22)34(36(42)44)46-30-16-13-24(38)18-27(30)40)20-29(21)43-33(23-10-6-3-7-11-23)35(37(43)45)47-31-17-14-25(39)19-28(31)41/h2-20,32-35H,1H3. The Kier molecular flexibility index (Phi) is 8.54. The molecule has 0 aliphatic carbocycles. The van der Waals surface area contributed by atoms with E-state index >= 15 is 0 Å². The molecule has 2 heterocycles. The number of amides is 2. The molecule has 5 aromatic rings. The molecule has 0 spiro atoms. The molecule has 236 valence electrons. The molecule has 5 aromatic carbocycles. The number of β-lactam (4-membered cyclic amide) rings is 2. The molecule has 10 heteroatoms. The lowest BCUT2D eigenvalue weighted by Crippen LogP contribution is -2.62. The van der Waals surface area contributed by atoms with Gasteiger partial charge >= 0.3 is 0 Å². The third kappa shape index (κ3) is 5.80. The van der Waals surface area contributed by atoms with Crippen LogP contribution in [0.25, 0.3) is 0 Å². The Labute approximate surface area is 291 Å². The first kappa shape index (κ1) is 31.4. The van der Waals surface area contributed by atoms with Crippen molar-refractivity contribution in [2.75, 3.05) is 9.80 Å². The van der Waals surface area contributed by atoms with E-state index in [2.05, 4.69) is 0 Å². The quantitative estimate of drug-likeness (QED) is 0.151. The molecule has 4 unspecified atom stereocenters. The van der Waals surface area contributed by atoms with E-state index in [0.29, 0.717) is 43.0 Å². The molecule has 4 atom stereocenters. The molecule has 0 radical (unpaired) electrons. The number of benzene rings is 5. The van der Waals surface area contributed by atoms with E-state index in [0.717, 1.165) is 16.7 Å². The van der Waals surface area contributed by atoms with Crippen LogP contribution in [0, 0.1) is 6.92 Å². The van der Waals surface area contributed by atoms with Crippen molar-refractivity contribution in [3.05, 3.63) is 152 Å². The summed E-state index contributed by atoms with van der Waals surface area (Å²) in [7, 11) is 0. The van der Waals surface area contributed by atoms with Gasteiger partial charge in [-0.2, -0.15) is 0 Å². The molecule has 0 bridgehead atoms. The lowest BCUT2D eigenvalue weighted by atomic mass is 9.87. The van der Waals surface area contributed by atoms with Gasteiger partial charge in [0.05, 0.1) is 10.0 Å². The van der Waals surface area contributed by atoms with Crippen molar-refractivity contribution in [2.24, 2.45) is 0 Å². The normalized spacial score (nSPS) is 20.4. The molecular formula is C37H26Cl4N2O4. The van der Waals surface area contributed by atoms with Crippen LogP contribution in [0.1, 0.15) is 28.8 Å². The smallest absolute Gasteiger partial charge is 0.271 e. The number of carbonyl (C=O) groups excluding carboxylic acids is 2. The molecule has 0 N–H and O–H groups in total. The van der Waals surface area contributed by atoms with Gasteiger partial charge in [0.25, 0.3) is 11.8 Å². The summed E-state index contributed by atoms with van der Waals surface area (Å²) in [5.41, 5.74) is 3.92. The largest absolute Gasteiger partial charge is 0.476 e. The fraction of sp³-hybridized carbons (Fsp3) is 0.135. The summed E-state index contributed by atoms with van der Waals surface area (Å²) in [5, 5.41) is 1.56. The molecule has 0 aromatic heterocycles. The van der Waals surface area contributed by atoms with Gasteiger partial charge in [-0.25, -0.2) is 0 Å². The van der Waals surface area contributed by atoms with Crippen LogP contribution in [-0.2, 0) is 9.59 Å². The van der Waals surface area contributed by atoms with Crippen LogP contribution in [0.3, 0.4) is 0 Å². The number of halogens is 4. The van der Waals surface area contributed by atoms with Crippen LogP contribution in [-0.4, -0.2) is 24.0 Å². The van der Waals surface area contributed by atoms with Gasteiger partial charge in [-0.05, 0) is 72.1 Å². The summed E-state index contributed by atoms with van der Waals surface area (Å²) in [6.07, 6.45) is -1.66. The number of nitrogens with zero attached hydrogens (tertiary/aromatic N) is 2. The van der Waals surface area contributed by atoms with Crippen molar-refractivity contribution in [2.45, 2.75) is 31.2 Å². The Morgan fingerprint density at radius 2 is 1.02 bits per heavy atom. The maximum absolute atomic E-state index is 13.9. The fourth-order valence-electron chi connectivity index (χ4n) is 6.08. The second-order valence-corrected chi connectivity index (χ2v) is 13.0. The van der Waals surface area contributed by atoms with Gasteiger partial charge in [-0.3, -0.25) is 19.4 Å². The zero-order valence-corrected chi connectivity index (χ0v) is 27.8. The summed E-state index contributed by atoms with van der Waals surface area (Å²) in [5.74, 6) is 0.249. The summed E-state index contributed by atoms with van der Waals surface area (Å²) in [4.78, 5) is 31.2. The van der Waals surface area contributed by atoms with Gasteiger partial charge in [-0.1, -0.05) is 113 Å². The number of rotatable bonds is 8. The van der Waals surface area contributed by atoms with Gasteiger partial charge in [0.1, 0.15) is 23.6 Å². The molecule has 2 aliphatic rings. The first-order valence-electron chi connectivity index (χ1n) is 14.8. The first-order chi connectivity index (χ1) is 22.7. The second kappa shape index (κ2) is 12.8. The Balaban J connectivity index is 1.24. The van der Waals surface area contributed by atoms with Crippen LogP contribution in [0.15, 0.2) is 115 Å². The molecule has 2 amide bonds. The van der Waals surface area contributed by atoms with E-state index in [1.165, 1.54) is 0 Å². The number of ether oxygens (including phenoxy) is 2. The highest BCUT2D eigenvalue weighted by Gasteiger charge is 2.53. The monoisotopic (exact) mass is 702 g/mol. The highest BCUT2D eigenvalue weighted by atomic mass is 35.5. The average molecular weight is 704 g/mol. The van der Waals surface area contributed by atoms with Gasteiger partial charge < -0.3 is 9.47 Å². The lowest BCUT2D eigenvalue weighted by Gasteiger charge is -2.49. The van der Waals surface area contributed by atoms with E-state index in [4.69, 9.17) is 55.9 Å². The molecule has 2 saturated heterocycles. The number of hydrogen-bond acceptors (Lipinski definition) is 4. The minimum atomic E-state index is -0.830. The first-order valence-corrected chi connectivity index (χ1v) is 16.3. The molecule has 2 aliphatic heterocycles. The summed E-state index contributed by atoms with van der Waals surface area (Å²) >= 11 is 25.0. The van der Waals surface area contributed by atoms with Crippen molar-refractivity contribution in [3.8, 4) is 11.5 Å². The van der Waals surface area contributed by atoms with E-state index in [1.54, 1.807) is 46.2 Å². The summed E-state index contributed by atoms with van der Waals surface area (Å²) in [6, 6.07) is 33.9. The predicted octanol–water partition coefficient (Wildman–Crippen LogP) is 9.68. The third-order valence-corrected chi connectivity index (χ3v) is 9.46. The van der Waals surface area contributed by atoms with Crippen LogP contribution >= 0.6 is 46.4 Å². The summed E-state index contributed by atoms with van der Waals surface area (Å²) < 4.78 is 12.4. The zero-order chi connectivity index (χ0) is 32.8. The molecule has 7 rings (SSSR count). The van der Waals surface area contributed by atoms with Gasteiger partial charge in [0, 0.05) is 21.4 Å². The van der Waals surface area contributed by atoms with Crippen molar-refractivity contribution in [1.82, 2.24) is 0 Å². The number of carbonyl (C=O) groups is 2. The van der Waals surface area contributed by atoms with Crippen LogP contribution in [0.2, 0.25) is 20.1 Å². The molecule has 2 fully saturated rings. The molecule has 0 saturated carbocycles. The van der Waals surface area contributed by atoms with Crippen LogP contribution < -0.4 is 19.3 Å². The molecular weight excluding hydrogens is 678 g/mol. The molecule has 6 nitrogen and oxygen atoms in total. The van der Waals surface area contributed by atoms with Crippen molar-refractivity contribution in [3.63, 3.8) is 0 Å². The van der Waals surface area contributed by atoms with E-state index in [9.17, 15) is 9.59 Å². The second-order valence-electron chi connectivity index (χ2n) is 11.3. The SMILES string of the molecule is Cc1ccc(N2C(=O)C(Oc3ccc(Cl)cc3Cl)C2c2ccccc2)cc1N1C(=O)C(Oc2ccc(Cl)cc2Cl)C1c1ccccc1.